The number of benzene rings is 2. The summed E-state index contributed by atoms with van der Waals surface area (Å²) in [4.78, 5) is 18.8. The Kier molecular flexibility index (Phi) is 4.91. The van der Waals surface area contributed by atoms with Gasteiger partial charge < -0.3 is 15.4 Å². The van der Waals surface area contributed by atoms with E-state index in [9.17, 15) is 9.90 Å². The van der Waals surface area contributed by atoms with Crippen LogP contribution in [-0.2, 0) is 6.42 Å². The lowest BCUT2D eigenvalue weighted by Crippen LogP contribution is -2.42. The molecule has 5 heteroatoms. The van der Waals surface area contributed by atoms with Crippen molar-refractivity contribution in [2.45, 2.75) is 31.9 Å². The van der Waals surface area contributed by atoms with Gasteiger partial charge in [-0.1, -0.05) is 42.5 Å². The van der Waals surface area contributed by atoms with Crippen molar-refractivity contribution in [1.29, 1.82) is 0 Å². The van der Waals surface area contributed by atoms with E-state index in [-0.39, 0.29) is 11.9 Å². The van der Waals surface area contributed by atoms with Crippen LogP contribution in [0.3, 0.4) is 0 Å². The summed E-state index contributed by atoms with van der Waals surface area (Å²) in [6.07, 6.45) is 3.80. The Morgan fingerprint density at radius 3 is 2.79 bits per heavy atom. The van der Waals surface area contributed by atoms with E-state index in [1.165, 1.54) is 22.7 Å². The van der Waals surface area contributed by atoms with E-state index >= 15 is 0 Å². The Labute approximate surface area is 140 Å². The van der Waals surface area contributed by atoms with E-state index in [0.717, 1.165) is 6.42 Å². The zero-order chi connectivity index (χ0) is 16.9. The van der Waals surface area contributed by atoms with Gasteiger partial charge in [-0.3, -0.25) is 4.79 Å². The van der Waals surface area contributed by atoms with Crippen molar-refractivity contribution in [3.05, 3.63) is 66.2 Å². The molecule has 0 saturated carbocycles. The van der Waals surface area contributed by atoms with Gasteiger partial charge in [0.2, 0.25) is 0 Å². The highest BCUT2D eigenvalue weighted by Gasteiger charge is 2.19. The molecule has 0 aliphatic rings. The fourth-order valence-electron chi connectivity index (χ4n) is 2.88. The molecule has 0 aliphatic carbocycles. The van der Waals surface area contributed by atoms with E-state index in [4.69, 9.17) is 0 Å². The highest BCUT2D eigenvalue weighted by molar-refractivity contribution is 5.92. The molecule has 0 radical (unpaired) electrons. The number of H-pyrrole nitrogens is 1. The summed E-state index contributed by atoms with van der Waals surface area (Å²) >= 11 is 0. The van der Waals surface area contributed by atoms with Gasteiger partial charge in [0.1, 0.15) is 5.69 Å². The third-order valence-electron chi connectivity index (χ3n) is 4.23. The first-order valence-electron chi connectivity index (χ1n) is 8.09. The van der Waals surface area contributed by atoms with Crippen LogP contribution >= 0.6 is 0 Å². The smallest absolute Gasteiger partial charge is 0.271 e. The maximum atomic E-state index is 12.1. The minimum absolute atomic E-state index is 0.278. The normalized spacial score (nSPS) is 13.6. The third-order valence-corrected chi connectivity index (χ3v) is 4.23. The number of aliphatic hydroxyl groups is 1. The van der Waals surface area contributed by atoms with Crippen LogP contribution < -0.4 is 5.32 Å². The molecule has 24 heavy (non-hydrogen) atoms. The van der Waals surface area contributed by atoms with E-state index in [0.29, 0.717) is 12.1 Å². The summed E-state index contributed by atoms with van der Waals surface area (Å²) in [6, 6.07) is 14.1. The minimum Gasteiger partial charge on any atom is -0.391 e. The molecule has 5 nitrogen and oxygen atoms in total. The highest BCUT2D eigenvalue weighted by atomic mass is 16.3. The largest absolute Gasteiger partial charge is 0.391 e. The third kappa shape index (κ3) is 3.63. The number of amides is 1. The van der Waals surface area contributed by atoms with Gasteiger partial charge in [0.05, 0.1) is 18.5 Å². The number of nitrogens with zero attached hydrogens (tertiary/aromatic N) is 1. The van der Waals surface area contributed by atoms with Crippen molar-refractivity contribution in [2.24, 2.45) is 0 Å². The molecule has 0 bridgehead atoms. The summed E-state index contributed by atoms with van der Waals surface area (Å²) in [6.45, 7) is 1.69. The molecule has 124 valence electrons. The van der Waals surface area contributed by atoms with Crippen molar-refractivity contribution < 1.29 is 9.90 Å². The quantitative estimate of drug-likeness (QED) is 0.652. The molecular weight excluding hydrogens is 302 g/mol. The molecule has 0 aliphatic heterocycles. The fourth-order valence-corrected chi connectivity index (χ4v) is 2.88. The molecule has 0 fully saturated rings. The molecule has 0 saturated heterocycles. The number of aryl methyl sites for hydroxylation is 1. The van der Waals surface area contributed by atoms with Gasteiger partial charge in [-0.05, 0) is 36.1 Å². The number of aromatic amines is 1. The molecule has 1 amide bonds. The second-order valence-corrected chi connectivity index (χ2v) is 5.95. The van der Waals surface area contributed by atoms with Crippen LogP contribution in [0.5, 0.6) is 0 Å². The first-order chi connectivity index (χ1) is 11.6. The Balaban J connectivity index is 1.71. The SMILES string of the molecule is C[C@H](O)[C@@H](CCc1cccc2ccccc12)NC(=O)c1c[nH]cn1. The van der Waals surface area contributed by atoms with Crippen molar-refractivity contribution in [1.82, 2.24) is 15.3 Å². The average molecular weight is 323 g/mol. The number of hydrogen-bond acceptors (Lipinski definition) is 3. The van der Waals surface area contributed by atoms with Crippen LogP contribution in [-0.4, -0.2) is 33.1 Å². The van der Waals surface area contributed by atoms with Crippen molar-refractivity contribution in [2.75, 3.05) is 0 Å². The number of fused-ring (bicyclic) bond motifs is 1. The van der Waals surface area contributed by atoms with Gasteiger partial charge in [-0.25, -0.2) is 4.98 Å². The van der Waals surface area contributed by atoms with E-state index < -0.39 is 6.10 Å². The number of hydrogen-bond donors (Lipinski definition) is 3. The number of rotatable bonds is 6. The highest BCUT2D eigenvalue weighted by Crippen LogP contribution is 2.20. The molecule has 3 rings (SSSR count). The molecule has 1 aromatic heterocycles. The number of aromatic nitrogens is 2. The van der Waals surface area contributed by atoms with E-state index in [1.807, 2.05) is 18.2 Å². The Hall–Kier alpha value is -2.66. The summed E-state index contributed by atoms with van der Waals surface area (Å²) in [5.41, 5.74) is 1.54. The second-order valence-electron chi connectivity index (χ2n) is 5.95. The van der Waals surface area contributed by atoms with Gasteiger partial charge in [-0.15, -0.1) is 0 Å². The summed E-state index contributed by atoms with van der Waals surface area (Å²) in [5, 5.41) is 15.3. The minimum atomic E-state index is -0.636. The standard InChI is InChI=1S/C19H21N3O2/c1-13(23)17(22-19(24)18-11-20-12-21-18)10-9-15-7-4-6-14-5-2-3-8-16(14)15/h2-8,11-13,17,23H,9-10H2,1H3,(H,20,21)(H,22,24)/t13-,17+/m0/s1. The number of carbonyl (C=O) groups is 1. The fraction of sp³-hybridized carbons (Fsp3) is 0.263. The summed E-state index contributed by atoms with van der Waals surface area (Å²) in [7, 11) is 0. The Morgan fingerprint density at radius 1 is 1.25 bits per heavy atom. The lowest BCUT2D eigenvalue weighted by Gasteiger charge is -2.21. The number of imidazole rings is 1. The molecule has 0 unspecified atom stereocenters. The molecule has 3 aromatic rings. The molecule has 3 N–H and O–H groups in total. The first kappa shape index (κ1) is 16.2. The van der Waals surface area contributed by atoms with Crippen molar-refractivity contribution in [3.63, 3.8) is 0 Å². The van der Waals surface area contributed by atoms with Crippen LogP contribution in [0.4, 0.5) is 0 Å². The predicted molar refractivity (Wildman–Crippen MR) is 93.8 cm³/mol. The van der Waals surface area contributed by atoms with Crippen LogP contribution in [0.15, 0.2) is 55.0 Å². The van der Waals surface area contributed by atoms with Gasteiger partial charge in [0.25, 0.3) is 5.91 Å². The van der Waals surface area contributed by atoms with Gasteiger partial charge in [0.15, 0.2) is 0 Å². The Morgan fingerprint density at radius 2 is 2.04 bits per heavy atom. The van der Waals surface area contributed by atoms with E-state index in [1.54, 1.807) is 13.1 Å². The summed E-state index contributed by atoms with van der Waals surface area (Å²) < 4.78 is 0. The lowest BCUT2D eigenvalue weighted by atomic mass is 9.97. The maximum Gasteiger partial charge on any atom is 0.271 e. The van der Waals surface area contributed by atoms with Crippen LogP contribution in [0.1, 0.15) is 29.4 Å². The van der Waals surface area contributed by atoms with Gasteiger partial charge >= 0.3 is 0 Å². The molecule has 2 atom stereocenters. The monoisotopic (exact) mass is 323 g/mol. The lowest BCUT2D eigenvalue weighted by molar-refractivity contribution is 0.0846. The van der Waals surface area contributed by atoms with Crippen LogP contribution in [0, 0.1) is 0 Å². The number of nitrogens with one attached hydrogen (secondary N) is 2. The van der Waals surface area contributed by atoms with Crippen molar-refractivity contribution in [3.8, 4) is 0 Å². The maximum absolute atomic E-state index is 12.1. The number of aliphatic hydroxyl groups excluding tert-OH is 1. The van der Waals surface area contributed by atoms with Crippen molar-refractivity contribution >= 4 is 16.7 Å². The molecular formula is C19H21N3O2. The van der Waals surface area contributed by atoms with Gasteiger partial charge in [0, 0.05) is 6.20 Å². The zero-order valence-corrected chi connectivity index (χ0v) is 13.6. The molecule has 1 heterocycles. The van der Waals surface area contributed by atoms with Crippen LogP contribution in [0.2, 0.25) is 0 Å². The Bertz CT molecular complexity index is 807. The number of carbonyl (C=O) groups excluding carboxylic acids is 1. The average Bonchev–Trinajstić information content (AvgIpc) is 3.13. The topological polar surface area (TPSA) is 78.0 Å². The molecule has 2 aromatic carbocycles. The van der Waals surface area contributed by atoms with Crippen LogP contribution in [0.25, 0.3) is 10.8 Å². The van der Waals surface area contributed by atoms with E-state index in [2.05, 4.69) is 39.6 Å². The predicted octanol–water partition coefficient (Wildman–Crippen LogP) is 2.67. The molecule has 0 spiro atoms. The zero-order valence-electron chi connectivity index (χ0n) is 13.6. The van der Waals surface area contributed by atoms with Gasteiger partial charge in [-0.2, -0.15) is 0 Å². The first-order valence-corrected chi connectivity index (χ1v) is 8.09. The summed E-state index contributed by atoms with van der Waals surface area (Å²) in [5.74, 6) is -0.278. The second kappa shape index (κ2) is 7.27.